The van der Waals surface area contributed by atoms with E-state index in [2.05, 4.69) is 30.0 Å². The number of carbonyl (C=O) groups excluding carboxylic acids is 1. The van der Waals surface area contributed by atoms with Crippen molar-refractivity contribution in [3.8, 4) is 0 Å². The molecule has 0 amide bonds. The van der Waals surface area contributed by atoms with Crippen molar-refractivity contribution in [1.82, 2.24) is 4.90 Å². The van der Waals surface area contributed by atoms with Gasteiger partial charge in [0.2, 0.25) is 0 Å². The number of hydrogen-bond acceptors (Lipinski definition) is 2. The summed E-state index contributed by atoms with van der Waals surface area (Å²) in [4.78, 5) is 14.6. The SMILES string of the molecule is Cc1[c]cccc1C1CCN(CC(=O)c2ccccc2)CC1. The minimum atomic E-state index is 0.225. The molecule has 22 heavy (non-hydrogen) atoms. The summed E-state index contributed by atoms with van der Waals surface area (Å²) in [5.41, 5.74) is 3.51. The van der Waals surface area contributed by atoms with Gasteiger partial charge in [-0.2, -0.15) is 0 Å². The van der Waals surface area contributed by atoms with E-state index in [-0.39, 0.29) is 5.78 Å². The summed E-state index contributed by atoms with van der Waals surface area (Å²) in [6, 6.07) is 19.2. The Hall–Kier alpha value is -1.93. The van der Waals surface area contributed by atoms with E-state index in [1.807, 2.05) is 36.4 Å². The molecule has 0 atom stereocenters. The van der Waals surface area contributed by atoms with Crippen LogP contribution in [0.1, 0.15) is 40.2 Å². The van der Waals surface area contributed by atoms with Crippen LogP contribution in [-0.4, -0.2) is 30.3 Å². The summed E-state index contributed by atoms with van der Waals surface area (Å²) >= 11 is 0. The monoisotopic (exact) mass is 292 g/mol. The largest absolute Gasteiger partial charge is 0.296 e. The van der Waals surface area contributed by atoms with Crippen LogP contribution in [0.2, 0.25) is 0 Å². The summed E-state index contributed by atoms with van der Waals surface area (Å²) in [6.07, 6.45) is 2.25. The quantitative estimate of drug-likeness (QED) is 0.798. The second-order valence-corrected chi connectivity index (χ2v) is 6.09. The molecule has 2 aromatic rings. The van der Waals surface area contributed by atoms with E-state index < -0.39 is 0 Å². The summed E-state index contributed by atoms with van der Waals surface area (Å²) in [5.74, 6) is 0.837. The number of hydrogen-bond donors (Lipinski definition) is 0. The van der Waals surface area contributed by atoms with Gasteiger partial charge in [-0.1, -0.05) is 48.5 Å². The van der Waals surface area contributed by atoms with Gasteiger partial charge in [0.1, 0.15) is 0 Å². The van der Waals surface area contributed by atoms with Crippen LogP contribution >= 0.6 is 0 Å². The zero-order valence-electron chi connectivity index (χ0n) is 13.1. The lowest BCUT2D eigenvalue weighted by molar-refractivity contribution is 0.0909. The highest BCUT2D eigenvalue weighted by Crippen LogP contribution is 2.29. The van der Waals surface area contributed by atoms with Crippen LogP contribution in [0.3, 0.4) is 0 Å². The molecule has 0 bridgehead atoms. The van der Waals surface area contributed by atoms with Gasteiger partial charge >= 0.3 is 0 Å². The zero-order valence-corrected chi connectivity index (χ0v) is 13.1. The molecule has 0 saturated carbocycles. The molecule has 0 aromatic heterocycles. The molecule has 0 spiro atoms. The number of rotatable bonds is 4. The fraction of sp³-hybridized carbons (Fsp3) is 0.350. The van der Waals surface area contributed by atoms with Crippen molar-refractivity contribution in [2.24, 2.45) is 0 Å². The Morgan fingerprint density at radius 2 is 1.86 bits per heavy atom. The summed E-state index contributed by atoms with van der Waals surface area (Å²) in [5, 5.41) is 0. The maximum Gasteiger partial charge on any atom is 0.176 e. The molecule has 2 heteroatoms. The van der Waals surface area contributed by atoms with E-state index >= 15 is 0 Å². The Morgan fingerprint density at radius 1 is 1.14 bits per heavy atom. The smallest absolute Gasteiger partial charge is 0.176 e. The van der Waals surface area contributed by atoms with Crippen LogP contribution in [0.15, 0.2) is 48.5 Å². The lowest BCUT2D eigenvalue weighted by atomic mass is 9.87. The van der Waals surface area contributed by atoms with Gasteiger partial charge in [-0.3, -0.25) is 9.69 Å². The van der Waals surface area contributed by atoms with Gasteiger partial charge in [0.05, 0.1) is 6.54 Å². The molecule has 1 aliphatic rings. The molecule has 2 nitrogen and oxygen atoms in total. The number of piperidine rings is 1. The minimum Gasteiger partial charge on any atom is -0.296 e. The van der Waals surface area contributed by atoms with Crippen molar-refractivity contribution in [3.05, 3.63) is 71.3 Å². The van der Waals surface area contributed by atoms with Gasteiger partial charge in [0.15, 0.2) is 5.78 Å². The fourth-order valence-electron chi connectivity index (χ4n) is 3.30. The first-order chi connectivity index (χ1) is 10.7. The highest BCUT2D eigenvalue weighted by atomic mass is 16.1. The van der Waals surface area contributed by atoms with E-state index in [0.29, 0.717) is 12.5 Å². The maximum atomic E-state index is 12.3. The molecule has 0 unspecified atom stereocenters. The fourth-order valence-corrected chi connectivity index (χ4v) is 3.30. The normalized spacial score (nSPS) is 16.6. The molecule has 1 saturated heterocycles. The maximum absolute atomic E-state index is 12.3. The molecule has 0 N–H and O–H groups in total. The molecular weight excluding hydrogens is 270 g/mol. The summed E-state index contributed by atoms with van der Waals surface area (Å²) in [6.45, 7) is 4.67. The Balaban J connectivity index is 1.56. The zero-order chi connectivity index (χ0) is 15.4. The van der Waals surface area contributed by atoms with Crippen molar-refractivity contribution in [2.45, 2.75) is 25.7 Å². The first kappa shape index (κ1) is 15.0. The number of Topliss-reactive ketones (excluding diaryl/α,β-unsaturated/α-hetero) is 1. The molecular formula is C20H22NO. The minimum absolute atomic E-state index is 0.225. The number of carbonyl (C=O) groups is 1. The molecule has 0 aliphatic carbocycles. The van der Waals surface area contributed by atoms with E-state index in [4.69, 9.17) is 0 Å². The molecule has 1 aliphatic heterocycles. The third-order valence-electron chi connectivity index (χ3n) is 4.60. The van der Waals surface area contributed by atoms with E-state index in [9.17, 15) is 4.79 Å². The van der Waals surface area contributed by atoms with Gasteiger partial charge in [-0.25, -0.2) is 0 Å². The number of benzene rings is 2. The Labute approximate surface area is 132 Å². The van der Waals surface area contributed by atoms with Gasteiger partial charge in [0.25, 0.3) is 0 Å². The van der Waals surface area contributed by atoms with Crippen molar-refractivity contribution in [3.63, 3.8) is 0 Å². The predicted molar refractivity (Wildman–Crippen MR) is 89.2 cm³/mol. The summed E-state index contributed by atoms with van der Waals surface area (Å²) < 4.78 is 0. The topological polar surface area (TPSA) is 20.3 Å². The van der Waals surface area contributed by atoms with E-state index in [0.717, 1.165) is 31.5 Å². The molecule has 3 rings (SSSR count). The number of aryl methyl sites for hydroxylation is 1. The number of nitrogens with zero attached hydrogens (tertiary/aromatic N) is 1. The lowest BCUT2D eigenvalue weighted by Gasteiger charge is -2.32. The third-order valence-corrected chi connectivity index (χ3v) is 4.60. The first-order valence-electron chi connectivity index (χ1n) is 8.02. The van der Waals surface area contributed by atoms with Gasteiger partial charge in [-0.05, 0) is 56.0 Å². The molecule has 1 heterocycles. The second-order valence-electron chi connectivity index (χ2n) is 6.09. The molecule has 113 valence electrons. The summed E-state index contributed by atoms with van der Waals surface area (Å²) in [7, 11) is 0. The highest BCUT2D eigenvalue weighted by molar-refractivity contribution is 5.97. The van der Waals surface area contributed by atoms with E-state index in [1.165, 1.54) is 11.1 Å². The van der Waals surface area contributed by atoms with Gasteiger partial charge in [-0.15, -0.1) is 0 Å². The molecule has 1 fully saturated rings. The first-order valence-corrected chi connectivity index (χ1v) is 8.02. The van der Waals surface area contributed by atoms with Crippen molar-refractivity contribution >= 4 is 5.78 Å². The van der Waals surface area contributed by atoms with Crippen LogP contribution in [0.25, 0.3) is 0 Å². The predicted octanol–water partition coefficient (Wildman–Crippen LogP) is 3.86. The van der Waals surface area contributed by atoms with Crippen molar-refractivity contribution in [2.75, 3.05) is 19.6 Å². The van der Waals surface area contributed by atoms with E-state index in [1.54, 1.807) is 0 Å². The molecule has 1 radical (unpaired) electrons. The highest BCUT2D eigenvalue weighted by Gasteiger charge is 2.23. The van der Waals surface area contributed by atoms with Crippen LogP contribution in [0.4, 0.5) is 0 Å². The Kier molecular flexibility index (Phi) is 4.69. The van der Waals surface area contributed by atoms with Gasteiger partial charge < -0.3 is 0 Å². The van der Waals surface area contributed by atoms with Crippen LogP contribution in [0, 0.1) is 13.0 Å². The second kappa shape index (κ2) is 6.89. The standard InChI is InChI=1S/C20H22NO/c1-16-7-5-6-10-19(16)17-11-13-21(14-12-17)15-20(22)18-8-3-2-4-9-18/h2-6,8-10,17H,11-15H2,1H3. The average molecular weight is 292 g/mol. The number of ketones is 1. The Morgan fingerprint density at radius 3 is 2.55 bits per heavy atom. The van der Waals surface area contributed by atoms with Crippen LogP contribution in [-0.2, 0) is 0 Å². The van der Waals surface area contributed by atoms with Crippen molar-refractivity contribution in [1.29, 1.82) is 0 Å². The number of likely N-dealkylation sites (tertiary alicyclic amines) is 1. The van der Waals surface area contributed by atoms with Crippen LogP contribution < -0.4 is 0 Å². The lowest BCUT2D eigenvalue weighted by Crippen LogP contribution is -2.36. The van der Waals surface area contributed by atoms with Crippen LogP contribution in [0.5, 0.6) is 0 Å². The van der Waals surface area contributed by atoms with Crippen molar-refractivity contribution < 1.29 is 4.79 Å². The molecule has 2 aromatic carbocycles. The Bertz CT molecular complexity index is 627. The van der Waals surface area contributed by atoms with Gasteiger partial charge in [0, 0.05) is 5.56 Å². The third kappa shape index (κ3) is 3.45. The average Bonchev–Trinajstić information content (AvgIpc) is 2.57.